The van der Waals surface area contributed by atoms with E-state index in [0.717, 1.165) is 24.3 Å². The minimum absolute atomic E-state index is 0.120. The maximum Gasteiger partial charge on any atom is 0.416 e. The first-order chi connectivity index (χ1) is 21.8. The van der Waals surface area contributed by atoms with E-state index in [1.807, 2.05) is 6.92 Å². The second-order valence-corrected chi connectivity index (χ2v) is 11.0. The van der Waals surface area contributed by atoms with E-state index in [1.54, 1.807) is 45.3 Å². The number of hydrogen-bond acceptors (Lipinski definition) is 6. The Bertz CT molecular complexity index is 1530. The van der Waals surface area contributed by atoms with Gasteiger partial charge in [-0.05, 0) is 73.7 Å². The van der Waals surface area contributed by atoms with Gasteiger partial charge in [-0.3, -0.25) is 4.79 Å². The van der Waals surface area contributed by atoms with Crippen LogP contribution in [-0.4, -0.2) is 78.9 Å². The highest BCUT2D eigenvalue weighted by molar-refractivity contribution is 6.02. The highest BCUT2D eigenvalue weighted by Crippen LogP contribution is 2.32. The number of urea groups is 2. The summed E-state index contributed by atoms with van der Waals surface area (Å²) in [6, 6.07) is 13.6. The van der Waals surface area contributed by atoms with Crippen LogP contribution in [0.15, 0.2) is 66.7 Å². The molecule has 0 saturated heterocycles. The smallest absolute Gasteiger partial charge is 0.416 e. The summed E-state index contributed by atoms with van der Waals surface area (Å²) in [6.45, 7) is 3.67. The third kappa shape index (κ3) is 8.38. The number of halogens is 3. The fraction of sp³-hybridized carbons (Fsp3) is 0.344. The maximum absolute atomic E-state index is 13.7. The molecule has 0 bridgehead atoms. The lowest BCUT2D eigenvalue weighted by atomic mass is 9.99. The van der Waals surface area contributed by atoms with Crippen LogP contribution in [0, 0.1) is 5.92 Å². The van der Waals surface area contributed by atoms with E-state index in [9.17, 15) is 32.7 Å². The van der Waals surface area contributed by atoms with Crippen molar-refractivity contribution in [1.82, 2.24) is 9.80 Å². The number of rotatable bonds is 8. The fourth-order valence-corrected chi connectivity index (χ4v) is 4.80. The lowest BCUT2D eigenvalue weighted by Gasteiger charge is -2.38. The van der Waals surface area contributed by atoms with E-state index in [2.05, 4.69) is 16.0 Å². The lowest BCUT2D eigenvalue weighted by molar-refractivity contribution is -0.137. The number of aliphatic hydroxyl groups excluding tert-OH is 1. The van der Waals surface area contributed by atoms with Gasteiger partial charge in [0.25, 0.3) is 5.91 Å². The Morgan fingerprint density at radius 2 is 1.61 bits per heavy atom. The van der Waals surface area contributed by atoms with Crippen LogP contribution in [0.4, 0.5) is 39.8 Å². The number of alkyl halides is 3. The molecule has 4 rings (SSSR count). The number of aliphatic hydroxyl groups is 1. The highest BCUT2D eigenvalue weighted by atomic mass is 19.4. The van der Waals surface area contributed by atoms with Crippen molar-refractivity contribution in [3.8, 4) is 11.5 Å². The molecule has 0 aromatic heterocycles. The average Bonchev–Trinajstić information content (AvgIpc) is 3.02. The van der Waals surface area contributed by atoms with Crippen LogP contribution in [-0.2, 0) is 6.18 Å². The van der Waals surface area contributed by atoms with Crippen molar-refractivity contribution in [2.75, 3.05) is 49.8 Å². The molecule has 3 atom stereocenters. The maximum atomic E-state index is 13.7. The van der Waals surface area contributed by atoms with E-state index in [0.29, 0.717) is 11.4 Å². The Morgan fingerprint density at radius 1 is 1.02 bits per heavy atom. The molecule has 0 unspecified atom stereocenters. The van der Waals surface area contributed by atoms with Gasteiger partial charge in [0.1, 0.15) is 17.6 Å². The second kappa shape index (κ2) is 14.4. The molecule has 11 nitrogen and oxygen atoms in total. The summed E-state index contributed by atoms with van der Waals surface area (Å²) in [7, 11) is 3.17. The van der Waals surface area contributed by atoms with Crippen LogP contribution in [0.5, 0.6) is 11.5 Å². The predicted molar refractivity (Wildman–Crippen MR) is 166 cm³/mol. The Morgan fingerprint density at radius 3 is 2.22 bits per heavy atom. The second-order valence-electron chi connectivity index (χ2n) is 11.0. The quantitative estimate of drug-likeness (QED) is 0.248. The van der Waals surface area contributed by atoms with E-state index in [4.69, 9.17) is 9.47 Å². The first-order valence-corrected chi connectivity index (χ1v) is 14.4. The molecule has 5 amide bonds. The molecule has 3 aromatic carbocycles. The Hall–Kier alpha value is -4.98. The van der Waals surface area contributed by atoms with Crippen molar-refractivity contribution in [2.45, 2.75) is 32.2 Å². The Balaban J connectivity index is 1.51. The largest absolute Gasteiger partial charge is 0.497 e. The topological polar surface area (TPSA) is 132 Å². The Labute approximate surface area is 264 Å². The predicted octanol–water partition coefficient (Wildman–Crippen LogP) is 5.74. The van der Waals surface area contributed by atoms with Crippen molar-refractivity contribution in [1.29, 1.82) is 0 Å². The molecule has 1 aliphatic heterocycles. The molecule has 3 aromatic rings. The third-order valence-corrected chi connectivity index (χ3v) is 7.53. The zero-order valence-electron chi connectivity index (χ0n) is 25.7. The molecule has 0 aliphatic carbocycles. The first-order valence-electron chi connectivity index (χ1n) is 14.4. The van der Waals surface area contributed by atoms with Gasteiger partial charge in [0.05, 0.1) is 37.4 Å². The van der Waals surface area contributed by atoms with Gasteiger partial charge in [-0.25, -0.2) is 9.59 Å². The van der Waals surface area contributed by atoms with Gasteiger partial charge in [0.2, 0.25) is 0 Å². The molecule has 0 radical (unpaired) electrons. The molecule has 1 heterocycles. The summed E-state index contributed by atoms with van der Waals surface area (Å²) in [5.74, 6) is 0.180. The molecule has 14 heteroatoms. The highest BCUT2D eigenvalue weighted by Gasteiger charge is 2.34. The standard InChI is InChI=1S/C32H36F3N5O6/c1-19-16-40(20(2)18-41)29(42)26-15-24(37-30(43)36-22-7-5-21(6-8-22)32(33,34)35)11-14-27(26)46-28(19)17-39(3)31(44)38-23-9-12-25(45-4)13-10-23/h5-15,19-20,28,41H,16-18H2,1-4H3,(H,38,44)(H2,36,37,43)/t19-,20-,28+/m0/s1. The molecule has 0 saturated carbocycles. The minimum atomic E-state index is -4.51. The van der Waals surface area contributed by atoms with Gasteiger partial charge >= 0.3 is 18.2 Å². The van der Waals surface area contributed by atoms with Gasteiger partial charge in [0, 0.05) is 36.6 Å². The van der Waals surface area contributed by atoms with Crippen LogP contribution in [0.1, 0.15) is 29.8 Å². The number of nitrogens with zero attached hydrogens (tertiary/aromatic N) is 2. The monoisotopic (exact) mass is 643 g/mol. The molecule has 246 valence electrons. The molecule has 0 fully saturated rings. The van der Waals surface area contributed by atoms with E-state index in [1.165, 1.54) is 28.0 Å². The lowest BCUT2D eigenvalue weighted by Crippen LogP contribution is -2.50. The first kappa shape index (κ1) is 33.9. The van der Waals surface area contributed by atoms with Crippen LogP contribution in [0.25, 0.3) is 0 Å². The van der Waals surface area contributed by atoms with Crippen LogP contribution in [0.3, 0.4) is 0 Å². The number of methoxy groups -OCH3 is 1. The summed E-state index contributed by atoms with van der Waals surface area (Å²) in [5, 5.41) is 17.8. The van der Waals surface area contributed by atoms with Gasteiger partial charge in [0.15, 0.2) is 0 Å². The summed E-state index contributed by atoms with van der Waals surface area (Å²) in [6.07, 6.45) is -5.07. The van der Waals surface area contributed by atoms with Crippen molar-refractivity contribution >= 4 is 35.0 Å². The average molecular weight is 644 g/mol. The molecule has 46 heavy (non-hydrogen) atoms. The number of nitrogens with one attached hydrogen (secondary N) is 3. The third-order valence-electron chi connectivity index (χ3n) is 7.53. The van der Waals surface area contributed by atoms with Crippen molar-refractivity contribution in [3.63, 3.8) is 0 Å². The van der Waals surface area contributed by atoms with Crippen LogP contribution < -0.4 is 25.4 Å². The van der Waals surface area contributed by atoms with Gasteiger partial charge in [-0.2, -0.15) is 13.2 Å². The summed E-state index contributed by atoms with van der Waals surface area (Å²) in [4.78, 5) is 42.3. The number of amides is 5. The van der Waals surface area contributed by atoms with E-state index in [-0.39, 0.29) is 54.3 Å². The molecule has 0 spiro atoms. The van der Waals surface area contributed by atoms with Crippen molar-refractivity contribution in [3.05, 3.63) is 77.9 Å². The van der Waals surface area contributed by atoms with Crippen LogP contribution >= 0.6 is 0 Å². The summed E-state index contributed by atoms with van der Waals surface area (Å²) < 4.78 is 50.0. The zero-order valence-corrected chi connectivity index (χ0v) is 25.7. The molecular formula is C32H36F3N5O6. The Kier molecular flexibility index (Phi) is 10.6. The zero-order chi connectivity index (χ0) is 33.6. The SMILES string of the molecule is COc1ccc(NC(=O)N(C)C[C@H]2Oc3ccc(NC(=O)Nc4ccc(C(F)(F)F)cc4)cc3C(=O)N([C@@H](C)CO)C[C@@H]2C)cc1. The number of hydrogen-bond donors (Lipinski definition) is 4. The van der Waals surface area contributed by atoms with Crippen molar-refractivity contribution in [2.24, 2.45) is 5.92 Å². The van der Waals surface area contributed by atoms with Crippen molar-refractivity contribution < 1.29 is 42.1 Å². The van der Waals surface area contributed by atoms with Gasteiger partial charge in [-0.1, -0.05) is 6.92 Å². The summed E-state index contributed by atoms with van der Waals surface area (Å²) in [5.41, 5.74) is 0.200. The normalized spacial score (nSPS) is 17.0. The molecule has 4 N–H and O–H groups in total. The fourth-order valence-electron chi connectivity index (χ4n) is 4.80. The number of fused-ring (bicyclic) bond motifs is 1. The number of benzene rings is 3. The number of carbonyl (C=O) groups is 3. The minimum Gasteiger partial charge on any atom is -0.497 e. The number of carbonyl (C=O) groups excluding carboxylic acids is 3. The van der Waals surface area contributed by atoms with E-state index >= 15 is 0 Å². The van der Waals surface area contributed by atoms with Gasteiger partial charge < -0.3 is 40.3 Å². The van der Waals surface area contributed by atoms with Gasteiger partial charge in [-0.15, -0.1) is 0 Å². The molecular weight excluding hydrogens is 607 g/mol. The number of likely N-dealkylation sites (N-methyl/N-ethyl adjacent to an activating group) is 1. The van der Waals surface area contributed by atoms with E-state index < -0.39 is 35.8 Å². The molecule has 1 aliphatic rings. The number of ether oxygens (including phenoxy) is 2. The number of anilines is 3. The van der Waals surface area contributed by atoms with Crippen LogP contribution in [0.2, 0.25) is 0 Å². The summed E-state index contributed by atoms with van der Waals surface area (Å²) >= 11 is 0.